The highest BCUT2D eigenvalue weighted by Gasteiger charge is 2.33. The largest absolute Gasteiger partial charge is 0.352 e. The van der Waals surface area contributed by atoms with E-state index in [4.69, 9.17) is 34.8 Å². The fourth-order valence-corrected chi connectivity index (χ4v) is 6.03. The van der Waals surface area contributed by atoms with Crippen molar-refractivity contribution >= 4 is 62.3 Å². The lowest BCUT2D eigenvalue weighted by Gasteiger charge is -2.33. The Kier molecular flexibility index (Phi) is 10.3. The van der Waals surface area contributed by atoms with Crippen molar-refractivity contribution < 1.29 is 18.0 Å². The van der Waals surface area contributed by atoms with Crippen molar-refractivity contribution in [1.29, 1.82) is 0 Å². The molecular formula is C28H30Cl3N3O4S. The molecule has 2 amide bonds. The molecule has 3 aromatic rings. The van der Waals surface area contributed by atoms with Crippen LogP contribution in [0, 0.1) is 6.92 Å². The molecule has 11 heteroatoms. The predicted octanol–water partition coefficient (Wildman–Crippen LogP) is 6.09. The number of amides is 2. The van der Waals surface area contributed by atoms with Crippen LogP contribution in [-0.2, 0) is 26.2 Å². The van der Waals surface area contributed by atoms with Crippen LogP contribution in [0.3, 0.4) is 0 Å². The van der Waals surface area contributed by atoms with E-state index in [1.54, 1.807) is 62.4 Å². The van der Waals surface area contributed by atoms with Gasteiger partial charge in [-0.3, -0.25) is 13.9 Å². The van der Waals surface area contributed by atoms with Gasteiger partial charge in [0.2, 0.25) is 11.8 Å². The average Bonchev–Trinajstić information content (AvgIpc) is 2.88. The van der Waals surface area contributed by atoms with E-state index in [-0.39, 0.29) is 29.1 Å². The highest BCUT2D eigenvalue weighted by atomic mass is 35.5. The van der Waals surface area contributed by atoms with E-state index in [2.05, 4.69) is 5.32 Å². The maximum Gasteiger partial charge on any atom is 0.264 e. The Morgan fingerprint density at radius 2 is 1.51 bits per heavy atom. The van der Waals surface area contributed by atoms with E-state index in [0.29, 0.717) is 26.2 Å². The summed E-state index contributed by atoms with van der Waals surface area (Å²) < 4.78 is 28.7. The highest BCUT2D eigenvalue weighted by Crippen LogP contribution is 2.30. The Bertz CT molecular complexity index is 1450. The van der Waals surface area contributed by atoms with Crippen molar-refractivity contribution in [2.45, 2.75) is 51.2 Å². The molecule has 0 radical (unpaired) electrons. The molecule has 1 atom stereocenters. The van der Waals surface area contributed by atoms with E-state index in [0.717, 1.165) is 4.31 Å². The zero-order chi connectivity index (χ0) is 28.9. The molecule has 0 aromatic heterocycles. The van der Waals surface area contributed by atoms with Gasteiger partial charge in [-0.15, -0.1) is 0 Å². The summed E-state index contributed by atoms with van der Waals surface area (Å²) in [6.45, 7) is 6.30. The standard InChI is InChI=1S/C28H30Cl3N3O4S/c1-18(2)32-28(36)20(4)33(16-21-11-13-22(29)14-25(21)31)27(35)17-34(26-15-23(30)12-10-19(26)3)39(37,38)24-8-6-5-7-9-24/h5-15,18,20H,16-17H2,1-4H3,(H,32,36)/t20-/m1/s1. The van der Waals surface area contributed by atoms with Crippen LogP contribution in [0.5, 0.6) is 0 Å². The van der Waals surface area contributed by atoms with Gasteiger partial charge in [0.25, 0.3) is 10.0 Å². The Morgan fingerprint density at radius 1 is 0.897 bits per heavy atom. The smallest absolute Gasteiger partial charge is 0.264 e. The van der Waals surface area contributed by atoms with Crippen molar-refractivity contribution in [2.75, 3.05) is 10.8 Å². The van der Waals surface area contributed by atoms with Crippen molar-refractivity contribution in [3.63, 3.8) is 0 Å². The molecule has 0 aliphatic carbocycles. The molecule has 0 heterocycles. The minimum Gasteiger partial charge on any atom is -0.352 e. The third kappa shape index (κ3) is 7.66. The van der Waals surface area contributed by atoms with Crippen LogP contribution in [-0.4, -0.2) is 43.8 Å². The normalized spacial score (nSPS) is 12.2. The van der Waals surface area contributed by atoms with E-state index in [9.17, 15) is 18.0 Å². The second-order valence-corrected chi connectivity index (χ2v) is 12.5. The van der Waals surface area contributed by atoms with E-state index >= 15 is 0 Å². The Labute approximate surface area is 244 Å². The van der Waals surface area contributed by atoms with Gasteiger partial charge in [0.15, 0.2) is 0 Å². The number of sulfonamides is 1. The third-order valence-electron chi connectivity index (χ3n) is 6.00. The molecule has 0 unspecified atom stereocenters. The van der Waals surface area contributed by atoms with Crippen molar-refractivity contribution in [3.05, 3.63) is 92.9 Å². The van der Waals surface area contributed by atoms with Crippen molar-refractivity contribution in [2.24, 2.45) is 0 Å². The van der Waals surface area contributed by atoms with Crippen LogP contribution in [0.15, 0.2) is 71.6 Å². The number of carbonyl (C=O) groups excluding carboxylic acids is 2. The first-order chi connectivity index (χ1) is 18.3. The van der Waals surface area contributed by atoms with Crippen LogP contribution in [0.4, 0.5) is 5.69 Å². The summed E-state index contributed by atoms with van der Waals surface area (Å²) in [4.78, 5) is 28.3. The van der Waals surface area contributed by atoms with Crippen LogP contribution >= 0.6 is 34.8 Å². The van der Waals surface area contributed by atoms with Crippen molar-refractivity contribution in [1.82, 2.24) is 10.2 Å². The van der Waals surface area contributed by atoms with Gasteiger partial charge in [-0.05, 0) is 75.2 Å². The summed E-state index contributed by atoms with van der Waals surface area (Å²) in [5.74, 6) is -0.994. The van der Waals surface area contributed by atoms with Gasteiger partial charge in [-0.2, -0.15) is 0 Å². The summed E-state index contributed by atoms with van der Waals surface area (Å²) in [6, 6.07) is 16.4. The number of nitrogens with one attached hydrogen (secondary N) is 1. The lowest BCUT2D eigenvalue weighted by molar-refractivity contribution is -0.139. The number of hydrogen-bond donors (Lipinski definition) is 1. The fraction of sp³-hybridized carbons (Fsp3) is 0.286. The molecular weight excluding hydrogens is 581 g/mol. The van der Waals surface area contributed by atoms with E-state index in [1.807, 2.05) is 13.8 Å². The molecule has 0 aliphatic rings. The van der Waals surface area contributed by atoms with Gasteiger partial charge < -0.3 is 10.2 Å². The number of hydrogen-bond acceptors (Lipinski definition) is 4. The monoisotopic (exact) mass is 609 g/mol. The third-order valence-corrected chi connectivity index (χ3v) is 8.60. The lowest BCUT2D eigenvalue weighted by atomic mass is 10.1. The SMILES string of the molecule is Cc1ccc(Cl)cc1N(CC(=O)N(Cc1ccc(Cl)cc1Cl)[C@H](C)C(=O)NC(C)C)S(=O)(=O)c1ccccc1. The first kappa shape index (κ1) is 30.8. The van der Waals surface area contributed by atoms with Gasteiger partial charge >= 0.3 is 0 Å². The predicted molar refractivity (Wildman–Crippen MR) is 157 cm³/mol. The van der Waals surface area contributed by atoms with Crippen LogP contribution < -0.4 is 9.62 Å². The van der Waals surface area contributed by atoms with Gasteiger partial charge in [-0.25, -0.2) is 8.42 Å². The van der Waals surface area contributed by atoms with E-state index in [1.165, 1.54) is 23.1 Å². The minimum atomic E-state index is -4.19. The zero-order valence-electron chi connectivity index (χ0n) is 22.0. The molecule has 3 aromatic carbocycles. The van der Waals surface area contributed by atoms with Crippen LogP contribution in [0.25, 0.3) is 0 Å². The Hall–Kier alpha value is -2.78. The number of halogens is 3. The zero-order valence-corrected chi connectivity index (χ0v) is 25.1. The second kappa shape index (κ2) is 13.0. The number of rotatable bonds is 10. The molecule has 208 valence electrons. The summed E-state index contributed by atoms with van der Waals surface area (Å²) in [6.07, 6.45) is 0. The number of aryl methyl sites for hydroxylation is 1. The molecule has 0 saturated carbocycles. The summed E-state index contributed by atoms with van der Waals surface area (Å²) >= 11 is 18.7. The molecule has 3 rings (SSSR count). The van der Waals surface area contributed by atoms with Gasteiger partial charge in [-0.1, -0.05) is 65.1 Å². The summed E-state index contributed by atoms with van der Waals surface area (Å²) in [5.41, 5.74) is 1.41. The maximum absolute atomic E-state index is 14.0. The fourth-order valence-electron chi connectivity index (χ4n) is 3.91. The minimum absolute atomic E-state index is 0.00932. The molecule has 0 spiro atoms. The van der Waals surface area contributed by atoms with Crippen molar-refractivity contribution in [3.8, 4) is 0 Å². The van der Waals surface area contributed by atoms with E-state index < -0.39 is 28.5 Å². The molecule has 7 nitrogen and oxygen atoms in total. The maximum atomic E-state index is 14.0. The summed E-state index contributed by atoms with van der Waals surface area (Å²) in [5, 5.41) is 3.86. The lowest BCUT2D eigenvalue weighted by Crippen LogP contribution is -2.52. The topological polar surface area (TPSA) is 86.8 Å². The number of benzene rings is 3. The van der Waals surface area contributed by atoms with Crippen LogP contribution in [0.2, 0.25) is 15.1 Å². The number of anilines is 1. The summed E-state index contributed by atoms with van der Waals surface area (Å²) in [7, 11) is -4.19. The Balaban J connectivity index is 2.08. The molecule has 39 heavy (non-hydrogen) atoms. The Morgan fingerprint density at radius 3 is 2.13 bits per heavy atom. The first-order valence-electron chi connectivity index (χ1n) is 12.2. The molecule has 0 aliphatic heterocycles. The first-order valence-corrected chi connectivity index (χ1v) is 14.8. The van der Waals surface area contributed by atoms with Gasteiger partial charge in [0, 0.05) is 27.7 Å². The highest BCUT2D eigenvalue weighted by molar-refractivity contribution is 7.92. The molecule has 0 saturated heterocycles. The number of carbonyl (C=O) groups is 2. The van der Waals surface area contributed by atoms with Gasteiger partial charge in [0.05, 0.1) is 10.6 Å². The molecule has 0 bridgehead atoms. The number of nitrogens with zero attached hydrogens (tertiary/aromatic N) is 2. The second-order valence-electron chi connectivity index (χ2n) is 9.35. The molecule has 1 N–H and O–H groups in total. The quantitative estimate of drug-likeness (QED) is 0.301. The van der Waals surface area contributed by atoms with Gasteiger partial charge in [0.1, 0.15) is 12.6 Å². The average molecular weight is 611 g/mol. The molecule has 0 fully saturated rings. The van der Waals surface area contributed by atoms with Crippen LogP contribution in [0.1, 0.15) is 31.9 Å².